The Labute approximate surface area is 168 Å². The van der Waals surface area contributed by atoms with E-state index in [4.69, 9.17) is 0 Å². The molecule has 0 aromatic carbocycles. The second-order valence-corrected chi connectivity index (χ2v) is 7.26. The highest BCUT2D eigenvalue weighted by atomic mass is 19.4. The van der Waals surface area contributed by atoms with Crippen LogP contribution in [0, 0.1) is 5.92 Å². The second kappa shape index (κ2) is 11.9. The third-order valence-corrected chi connectivity index (χ3v) is 5.13. The third kappa shape index (κ3) is 7.67. The van der Waals surface area contributed by atoms with Gasteiger partial charge in [0.1, 0.15) is 0 Å². The van der Waals surface area contributed by atoms with Crippen molar-refractivity contribution < 1.29 is 13.2 Å². The Kier molecular flexibility index (Phi) is 10.3. The number of halogens is 3. The maximum atomic E-state index is 12.8. The van der Waals surface area contributed by atoms with Crippen molar-refractivity contribution in [2.24, 2.45) is 5.92 Å². The lowest BCUT2D eigenvalue weighted by molar-refractivity contribution is -0.0951. The number of rotatable bonds is 10. The first-order valence-corrected chi connectivity index (χ1v) is 10.0. The topological polar surface area (TPSA) is 12.0 Å². The summed E-state index contributed by atoms with van der Waals surface area (Å²) in [6, 6.07) is 0.195. The van der Waals surface area contributed by atoms with Crippen LogP contribution in [0.2, 0.25) is 0 Å². The zero-order valence-electron chi connectivity index (χ0n) is 17.6. The Hall–Kier alpha value is -1.81. The maximum Gasteiger partial charge on any atom is 0.412 e. The Balaban J connectivity index is 2.46. The first-order chi connectivity index (χ1) is 13.2. The highest BCUT2D eigenvalue weighted by Crippen LogP contribution is 2.34. The van der Waals surface area contributed by atoms with Crippen molar-refractivity contribution in [1.29, 1.82) is 0 Å². The molecule has 28 heavy (non-hydrogen) atoms. The minimum atomic E-state index is -4.20. The molecule has 0 aromatic rings. The molecule has 156 valence electrons. The summed E-state index contributed by atoms with van der Waals surface area (Å²) in [5.41, 5.74) is 3.13. The molecule has 4 heteroatoms. The fraction of sp³-hybridized carbons (Fsp3) is 0.500. The number of allylic oxidation sites excluding steroid dienone is 9. The maximum absolute atomic E-state index is 12.8. The molecule has 1 aliphatic rings. The first-order valence-electron chi connectivity index (χ1n) is 10.0. The van der Waals surface area contributed by atoms with Crippen molar-refractivity contribution in [2.75, 3.05) is 6.54 Å². The monoisotopic (exact) mass is 393 g/mol. The van der Waals surface area contributed by atoms with Crippen LogP contribution < -0.4 is 5.32 Å². The predicted molar refractivity (Wildman–Crippen MR) is 114 cm³/mol. The molecule has 0 heterocycles. The highest BCUT2D eigenvalue weighted by Gasteiger charge is 2.34. The standard InChI is InChI=1S/C24H34F3N/c1-6-12-23(18(4)7-2)22(8-3)19(5)28-16-10-9-13-20-14-11-15-21(17-20)24(25,26)27/h6-8,11-12,14-15,19-20,28H,2,9-10,13,16-17H2,1,3-5H3. The van der Waals surface area contributed by atoms with Gasteiger partial charge in [0.15, 0.2) is 0 Å². The molecular formula is C24H34F3N. The first kappa shape index (κ1) is 24.2. The molecule has 1 rings (SSSR count). The van der Waals surface area contributed by atoms with E-state index in [-0.39, 0.29) is 18.4 Å². The van der Waals surface area contributed by atoms with E-state index in [0.717, 1.165) is 31.4 Å². The van der Waals surface area contributed by atoms with Crippen LogP contribution in [0.3, 0.4) is 0 Å². The summed E-state index contributed by atoms with van der Waals surface area (Å²) in [5, 5.41) is 3.54. The minimum Gasteiger partial charge on any atom is -0.310 e. The van der Waals surface area contributed by atoms with Gasteiger partial charge >= 0.3 is 6.18 Å². The summed E-state index contributed by atoms with van der Waals surface area (Å²) in [6.45, 7) is 12.9. The normalized spacial score (nSPS) is 20.2. The van der Waals surface area contributed by atoms with E-state index in [9.17, 15) is 13.2 Å². The molecule has 0 bridgehead atoms. The Morgan fingerprint density at radius 3 is 2.61 bits per heavy atom. The lowest BCUT2D eigenvalue weighted by Gasteiger charge is -2.21. The number of alkyl halides is 3. The quantitative estimate of drug-likeness (QED) is 0.305. The average Bonchev–Trinajstić information content (AvgIpc) is 2.66. The van der Waals surface area contributed by atoms with Crippen molar-refractivity contribution in [3.05, 3.63) is 71.4 Å². The van der Waals surface area contributed by atoms with Crippen LogP contribution in [0.4, 0.5) is 13.2 Å². The smallest absolute Gasteiger partial charge is 0.310 e. The average molecular weight is 394 g/mol. The fourth-order valence-electron chi connectivity index (χ4n) is 3.49. The molecule has 2 unspecified atom stereocenters. The van der Waals surface area contributed by atoms with E-state index in [0.29, 0.717) is 0 Å². The Morgan fingerprint density at radius 2 is 2.04 bits per heavy atom. The number of nitrogens with one attached hydrogen (secondary N) is 1. The van der Waals surface area contributed by atoms with Crippen LogP contribution in [-0.4, -0.2) is 18.8 Å². The summed E-state index contributed by atoms with van der Waals surface area (Å²) in [4.78, 5) is 0. The van der Waals surface area contributed by atoms with E-state index < -0.39 is 11.7 Å². The highest BCUT2D eigenvalue weighted by molar-refractivity contribution is 5.48. The summed E-state index contributed by atoms with van der Waals surface area (Å²) >= 11 is 0. The van der Waals surface area contributed by atoms with Crippen LogP contribution in [0.1, 0.15) is 53.4 Å². The Bertz CT molecular complexity index is 660. The lowest BCUT2D eigenvalue weighted by Crippen LogP contribution is -2.29. The molecule has 1 aliphatic carbocycles. The van der Waals surface area contributed by atoms with Crippen LogP contribution >= 0.6 is 0 Å². The number of hydrogen-bond donors (Lipinski definition) is 1. The molecule has 0 fully saturated rings. The van der Waals surface area contributed by atoms with E-state index >= 15 is 0 Å². The van der Waals surface area contributed by atoms with Gasteiger partial charge in [0, 0.05) is 11.6 Å². The summed E-state index contributed by atoms with van der Waals surface area (Å²) in [5.74, 6) is -0.00962. The molecule has 2 atom stereocenters. The molecule has 0 spiro atoms. The largest absolute Gasteiger partial charge is 0.412 e. The summed E-state index contributed by atoms with van der Waals surface area (Å²) in [7, 11) is 0. The molecule has 0 aromatic heterocycles. The van der Waals surface area contributed by atoms with Crippen LogP contribution in [-0.2, 0) is 0 Å². The van der Waals surface area contributed by atoms with Crippen molar-refractivity contribution in [2.45, 2.75) is 65.6 Å². The van der Waals surface area contributed by atoms with Crippen molar-refractivity contribution >= 4 is 0 Å². The SMILES string of the molecule is C=CC(C)=C(C=CC)C(=CC)C(C)NCCCCC1C=CC=C(C(F)(F)F)C1. The predicted octanol–water partition coefficient (Wildman–Crippen LogP) is 7.22. The second-order valence-electron chi connectivity index (χ2n) is 7.26. The van der Waals surface area contributed by atoms with Gasteiger partial charge in [-0.1, -0.05) is 55.5 Å². The van der Waals surface area contributed by atoms with E-state index in [1.165, 1.54) is 17.2 Å². The summed E-state index contributed by atoms with van der Waals surface area (Å²) < 4.78 is 38.5. The van der Waals surface area contributed by atoms with Gasteiger partial charge in [0.2, 0.25) is 0 Å². The number of unbranched alkanes of at least 4 members (excludes halogenated alkanes) is 1. The van der Waals surface area contributed by atoms with Gasteiger partial charge in [-0.15, -0.1) is 0 Å². The molecule has 0 aliphatic heterocycles. The molecular weight excluding hydrogens is 359 g/mol. The fourth-order valence-corrected chi connectivity index (χ4v) is 3.49. The van der Waals surface area contributed by atoms with Gasteiger partial charge < -0.3 is 5.32 Å². The molecule has 0 radical (unpaired) electrons. The zero-order chi connectivity index (χ0) is 21.2. The van der Waals surface area contributed by atoms with E-state index in [1.807, 2.05) is 32.1 Å². The van der Waals surface area contributed by atoms with Gasteiger partial charge in [-0.2, -0.15) is 13.2 Å². The molecule has 1 nitrogen and oxygen atoms in total. The van der Waals surface area contributed by atoms with Gasteiger partial charge in [0.25, 0.3) is 0 Å². The van der Waals surface area contributed by atoms with E-state index in [2.05, 4.69) is 37.9 Å². The Morgan fingerprint density at radius 1 is 1.32 bits per heavy atom. The van der Waals surface area contributed by atoms with Gasteiger partial charge in [-0.25, -0.2) is 0 Å². The molecule has 0 saturated heterocycles. The van der Waals surface area contributed by atoms with Crippen molar-refractivity contribution in [3.8, 4) is 0 Å². The van der Waals surface area contributed by atoms with Gasteiger partial charge in [0.05, 0.1) is 0 Å². The molecule has 0 amide bonds. The molecule has 0 saturated carbocycles. The summed E-state index contributed by atoms with van der Waals surface area (Å²) in [6.07, 6.45) is 11.3. The third-order valence-electron chi connectivity index (χ3n) is 5.13. The molecule has 1 N–H and O–H groups in total. The zero-order valence-corrected chi connectivity index (χ0v) is 17.6. The lowest BCUT2D eigenvalue weighted by atomic mass is 9.90. The van der Waals surface area contributed by atoms with Crippen LogP contribution in [0.5, 0.6) is 0 Å². The minimum absolute atomic E-state index is 0.00962. The van der Waals surface area contributed by atoms with Gasteiger partial charge in [-0.3, -0.25) is 0 Å². The van der Waals surface area contributed by atoms with Crippen molar-refractivity contribution in [1.82, 2.24) is 5.32 Å². The number of hydrogen-bond acceptors (Lipinski definition) is 1. The van der Waals surface area contributed by atoms with E-state index in [1.54, 1.807) is 6.08 Å². The van der Waals surface area contributed by atoms with Gasteiger partial charge in [-0.05, 0) is 76.1 Å². The van der Waals surface area contributed by atoms with Crippen LogP contribution in [0.15, 0.2) is 71.4 Å². The van der Waals surface area contributed by atoms with Crippen LogP contribution in [0.25, 0.3) is 0 Å². The van der Waals surface area contributed by atoms with Crippen molar-refractivity contribution in [3.63, 3.8) is 0 Å².